The van der Waals surface area contributed by atoms with E-state index < -0.39 is 0 Å². The number of methoxy groups -OCH3 is 1. The predicted octanol–water partition coefficient (Wildman–Crippen LogP) is 2.94. The molecule has 1 atom stereocenters. The molecule has 126 valence electrons. The van der Waals surface area contributed by atoms with Crippen molar-refractivity contribution in [2.45, 2.75) is 6.23 Å². The lowest BCUT2D eigenvalue weighted by Crippen LogP contribution is -2.54. The summed E-state index contributed by atoms with van der Waals surface area (Å²) in [5.41, 5.74) is 1.51. The first-order valence-electron chi connectivity index (χ1n) is 7.76. The Kier molecular flexibility index (Phi) is 5.23. The molecule has 0 aromatic heterocycles. The fraction of sp³-hybridized carbons (Fsp3) is 0.278. The van der Waals surface area contributed by atoms with Crippen LogP contribution in [0.4, 0.5) is 5.69 Å². The molecule has 1 aliphatic heterocycles. The van der Waals surface area contributed by atoms with Gasteiger partial charge in [0, 0.05) is 18.8 Å². The topological polar surface area (TPSA) is 50.8 Å². The molecule has 0 saturated carbocycles. The van der Waals surface area contributed by atoms with Crippen LogP contribution in [0.5, 0.6) is 5.75 Å². The maximum atomic E-state index is 11.6. The summed E-state index contributed by atoms with van der Waals surface area (Å²) in [6.07, 6.45) is -0.178. The van der Waals surface area contributed by atoms with Crippen LogP contribution in [0.15, 0.2) is 48.5 Å². The normalized spacial score (nSPS) is 17.4. The number of rotatable bonds is 4. The number of nitrogens with one attached hydrogen (secondary N) is 1. The highest BCUT2D eigenvalue weighted by Crippen LogP contribution is 2.27. The Labute approximate surface area is 146 Å². The van der Waals surface area contributed by atoms with Gasteiger partial charge in [0.05, 0.1) is 24.2 Å². The maximum absolute atomic E-state index is 11.6. The molecule has 1 N–H and O–H groups in total. The van der Waals surface area contributed by atoms with E-state index in [1.54, 1.807) is 12.1 Å². The van der Waals surface area contributed by atoms with Gasteiger partial charge in [0.25, 0.3) is 0 Å². The third kappa shape index (κ3) is 3.63. The van der Waals surface area contributed by atoms with E-state index in [1.807, 2.05) is 36.4 Å². The van der Waals surface area contributed by atoms with Gasteiger partial charge in [-0.05, 0) is 36.4 Å². The highest BCUT2D eigenvalue weighted by atomic mass is 35.5. The molecule has 1 heterocycles. The molecule has 0 spiro atoms. The number of esters is 1. The second-order valence-corrected chi connectivity index (χ2v) is 5.85. The van der Waals surface area contributed by atoms with Crippen molar-refractivity contribution in [3.8, 4) is 5.75 Å². The Morgan fingerprint density at radius 1 is 1.21 bits per heavy atom. The lowest BCUT2D eigenvalue weighted by atomic mass is 10.2. The zero-order valence-electron chi connectivity index (χ0n) is 13.4. The van der Waals surface area contributed by atoms with Gasteiger partial charge in [0.1, 0.15) is 5.75 Å². The average Bonchev–Trinajstić information content (AvgIpc) is 2.63. The molecule has 1 fully saturated rings. The van der Waals surface area contributed by atoms with Gasteiger partial charge < -0.3 is 19.7 Å². The summed E-state index contributed by atoms with van der Waals surface area (Å²) in [7, 11) is 1.38. The SMILES string of the molecule is COC(=O)c1ccc(N2CCNCC2Oc2ccccc2Cl)cc1. The maximum Gasteiger partial charge on any atom is 0.337 e. The fourth-order valence-corrected chi connectivity index (χ4v) is 2.85. The first-order valence-corrected chi connectivity index (χ1v) is 8.14. The van der Waals surface area contributed by atoms with Gasteiger partial charge in [-0.3, -0.25) is 0 Å². The largest absolute Gasteiger partial charge is 0.468 e. The molecule has 0 amide bonds. The van der Waals surface area contributed by atoms with E-state index in [9.17, 15) is 4.79 Å². The van der Waals surface area contributed by atoms with Crippen molar-refractivity contribution in [2.24, 2.45) is 0 Å². The Morgan fingerprint density at radius 3 is 2.67 bits per heavy atom. The first-order chi connectivity index (χ1) is 11.7. The quantitative estimate of drug-likeness (QED) is 0.863. The summed E-state index contributed by atoms with van der Waals surface area (Å²) in [6, 6.07) is 14.8. The summed E-state index contributed by atoms with van der Waals surface area (Å²) in [4.78, 5) is 13.7. The van der Waals surface area contributed by atoms with Crippen LogP contribution in [0.1, 0.15) is 10.4 Å². The van der Waals surface area contributed by atoms with E-state index in [4.69, 9.17) is 21.1 Å². The third-order valence-corrected chi connectivity index (χ3v) is 4.23. The Morgan fingerprint density at radius 2 is 1.96 bits per heavy atom. The van der Waals surface area contributed by atoms with Crippen LogP contribution < -0.4 is 15.0 Å². The van der Waals surface area contributed by atoms with Crippen LogP contribution in [0, 0.1) is 0 Å². The molecular formula is C18H19ClN2O3. The van der Waals surface area contributed by atoms with E-state index in [0.29, 0.717) is 22.9 Å². The van der Waals surface area contributed by atoms with E-state index in [1.165, 1.54) is 7.11 Å². The number of para-hydroxylation sites is 1. The summed E-state index contributed by atoms with van der Waals surface area (Å²) in [5, 5.41) is 3.92. The minimum atomic E-state index is -0.342. The van der Waals surface area contributed by atoms with Crippen LogP contribution >= 0.6 is 11.6 Å². The average molecular weight is 347 g/mol. The van der Waals surface area contributed by atoms with E-state index in [-0.39, 0.29) is 12.2 Å². The van der Waals surface area contributed by atoms with Gasteiger partial charge in [-0.15, -0.1) is 0 Å². The number of benzene rings is 2. The minimum absolute atomic E-state index is 0.178. The molecule has 2 aromatic rings. The number of hydrogen-bond donors (Lipinski definition) is 1. The van der Waals surface area contributed by atoms with Crippen LogP contribution in [0.3, 0.4) is 0 Å². The number of ether oxygens (including phenoxy) is 2. The van der Waals surface area contributed by atoms with E-state index >= 15 is 0 Å². The van der Waals surface area contributed by atoms with E-state index in [0.717, 1.165) is 18.8 Å². The molecular weight excluding hydrogens is 328 g/mol. The van der Waals surface area contributed by atoms with Gasteiger partial charge in [0.15, 0.2) is 6.23 Å². The van der Waals surface area contributed by atoms with Gasteiger partial charge in [-0.1, -0.05) is 23.7 Å². The van der Waals surface area contributed by atoms with Crippen LogP contribution in [-0.4, -0.2) is 38.9 Å². The zero-order chi connectivity index (χ0) is 16.9. The summed E-state index contributed by atoms with van der Waals surface area (Å²) in [6.45, 7) is 2.35. The molecule has 0 bridgehead atoms. The number of halogens is 1. The molecule has 1 unspecified atom stereocenters. The van der Waals surface area contributed by atoms with E-state index in [2.05, 4.69) is 10.2 Å². The van der Waals surface area contributed by atoms with Crippen molar-refractivity contribution in [3.05, 3.63) is 59.1 Å². The Hall–Kier alpha value is -2.24. The molecule has 24 heavy (non-hydrogen) atoms. The lowest BCUT2D eigenvalue weighted by Gasteiger charge is -2.37. The van der Waals surface area contributed by atoms with Crippen molar-refractivity contribution in [3.63, 3.8) is 0 Å². The number of carbonyl (C=O) groups excluding carboxylic acids is 1. The Bertz CT molecular complexity index is 706. The molecule has 5 nitrogen and oxygen atoms in total. The van der Waals surface area contributed by atoms with Gasteiger partial charge in [-0.25, -0.2) is 4.79 Å². The van der Waals surface area contributed by atoms with Crippen molar-refractivity contribution >= 4 is 23.3 Å². The summed E-state index contributed by atoms with van der Waals surface area (Å²) >= 11 is 6.19. The highest BCUT2D eigenvalue weighted by molar-refractivity contribution is 6.32. The molecule has 0 radical (unpaired) electrons. The number of anilines is 1. The van der Waals surface area contributed by atoms with Crippen LogP contribution in [-0.2, 0) is 4.74 Å². The van der Waals surface area contributed by atoms with Crippen molar-refractivity contribution < 1.29 is 14.3 Å². The van der Waals surface area contributed by atoms with Crippen LogP contribution in [0.25, 0.3) is 0 Å². The van der Waals surface area contributed by atoms with Gasteiger partial charge in [-0.2, -0.15) is 0 Å². The number of hydrogen-bond acceptors (Lipinski definition) is 5. The van der Waals surface area contributed by atoms with Crippen molar-refractivity contribution in [2.75, 3.05) is 31.6 Å². The predicted molar refractivity (Wildman–Crippen MR) is 93.9 cm³/mol. The number of nitrogens with zero attached hydrogens (tertiary/aromatic N) is 1. The molecule has 6 heteroatoms. The molecule has 0 aliphatic carbocycles. The molecule has 1 aliphatic rings. The zero-order valence-corrected chi connectivity index (χ0v) is 14.1. The van der Waals surface area contributed by atoms with Gasteiger partial charge in [0.2, 0.25) is 0 Å². The summed E-state index contributed by atoms with van der Waals surface area (Å²) < 4.78 is 10.8. The highest BCUT2D eigenvalue weighted by Gasteiger charge is 2.25. The third-order valence-electron chi connectivity index (χ3n) is 3.92. The van der Waals surface area contributed by atoms with Crippen LogP contribution in [0.2, 0.25) is 5.02 Å². The van der Waals surface area contributed by atoms with Gasteiger partial charge >= 0.3 is 5.97 Å². The first kappa shape index (κ1) is 16.6. The molecule has 3 rings (SSSR count). The molecule has 2 aromatic carbocycles. The fourth-order valence-electron chi connectivity index (χ4n) is 2.67. The lowest BCUT2D eigenvalue weighted by molar-refractivity contribution is 0.0601. The second-order valence-electron chi connectivity index (χ2n) is 5.44. The minimum Gasteiger partial charge on any atom is -0.468 e. The smallest absolute Gasteiger partial charge is 0.337 e. The number of piperazine rings is 1. The standard InChI is InChI=1S/C18H19ClN2O3/c1-23-18(22)13-6-8-14(9-7-13)21-11-10-20-12-17(21)24-16-5-3-2-4-15(16)19/h2-9,17,20H,10-12H2,1H3. The number of carbonyl (C=O) groups is 1. The summed E-state index contributed by atoms with van der Waals surface area (Å²) in [5.74, 6) is 0.315. The monoisotopic (exact) mass is 346 g/mol. The van der Waals surface area contributed by atoms with Crippen molar-refractivity contribution in [1.29, 1.82) is 0 Å². The van der Waals surface area contributed by atoms with Crippen molar-refractivity contribution in [1.82, 2.24) is 5.32 Å². The second kappa shape index (κ2) is 7.55. The Balaban J connectivity index is 1.79. The molecule has 1 saturated heterocycles.